The van der Waals surface area contributed by atoms with Gasteiger partial charge < -0.3 is 25.6 Å². The SMILES string of the molecule is COc1cccc(Nc2cc(-c3cccc(-c4cc(C(=O)O)ccc4O)c3)nc3c2C(=O)NCC3)c1. The highest BCUT2D eigenvalue weighted by molar-refractivity contribution is 6.03. The Morgan fingerprint density at radius 2 is 1.83 bits per heavy atom. The Morgan fingerprint density at radius 1 is 1.03 bits per heavy atom. The van der Waals surface area contributed by atoms with E-state index in [-0.39, 0.29) is 17.2 Å². The number of nitrogens with zero attached hydrogens (tertiary/aromatic N) is 1. The number of pyridine rings is 1. The minimum atomic E-state index is -1.07. The molecule has 8 nitrogen and oxygen atoms in total. The van der Waals surface area contributed by atoms with Gasteiger partial charge in [-0.2, -0.15) is 0 Å². The molecule has 36 heavy (non-hydrogen) atoms. The monoisotopic (exact) mass is 481 g/mol. The molecule has 0 aliphatic carbocycles. The van der Waals surface area contributed by atoms with E-state index in [9.17, 15) is 19.8 Å². The average Bonchev–Trinajstić information content (AvgIpc) is 2.89. The Bertz CT molecular complexity index is 1500. The number of rotatable bonds is 6. The number of benzene rings is 3. The van der Waals surface area contributed by atoms with E-state index in [0.29, 0.717) is 52.5 Å². The molecule has 5 rings (SSSR count). The van der Waals surface area contributed by atoms with E-state index in [2.05, 4.69) is 10.6 Å². The number of carbonyl (C=O) groups is 2. The van der Waals surface area contributed by atoms with Crippen LogP contribution in [-0.4, -0.2) is 40.7 Å². The number of carboxylic acids is 1. The molecule has 0 saturated heterocycles. The molecule has 2 heterocycles. The van der Waals surface area contributed by atoms with Crippen LogP contribution < -0.4 is 15.4 Å². The molecule has 0 radical (unpaired) electrons. The van der Waals surface area contributed by atoms with E-state index in [4.69, 9.17) is 9.72 Å². The fraction of sp³-hybridized carbons (Fsp3) is 0.107. The lowest BCUT2D eigenvalue weighted by Crippen LogP contribution is -2.33. The largest absolute Gasteiger partial charge is 0.507 e. The smallest absolute Gasteiger partial charge is 0.335 e. The van der Waals surface area contributed by atoms with Gasteiger partial charge in [-0.15, -0.1) is 0 Å². The van der Waals surface area contributed by atoms with Crippen molar-refractivity contribution in [3.63, 3.8) is 0 Å². The van der Waals surface area contributed by atoms with Crippen molar-refractivity contribution in [2.45, 2.75) is 6.42 Å². The zero-order valence-electron chi connectivity index (χ0n) is 19.4. The van der Waals surface area contributed by atoms with E-state index in [1.54, 1.807) is 13.2 Å². The lowest BCUT2D eigenvalue weighted by molar-refractivity contribution is 0.0696. The third-order valence-electron chi connectivity index (χ3n) is 6.03. The fourth-order valence-corrected chi connectivity index (χ4v) is 4.26. The number of aromatic hydroxyl groups is 1. The first-order valence-electron chi connectivity index (χ1n) is 11.3. The number of fused-ring (bicyclic) bond motifs is 1. The van der Waals surface area contributed by atoms with Crippen molar-refractivity contribution in [3.8, 4) is 33.9 Å². The molecule has 0 fully saturated rings. The van der Waals surface area contributed by atoms with E-state index in [1.165, 1.54) is 18.2 Å². The summed E-state index contributed by atoms with van der Waals surface area (Å²) in [5, 5.41) is 26.0. The maximum absolute atomic E-state index is 12.7. The first-order chi connectivity index (χ1) is 17.4. The van der Waals surface area contributed by atoms with Crippen LogP contribution in [0.25, 0.3) is 22.4 Å². The number of aromatic nitrogens is 1. The maximum atomic E-state index is 12.7. The zero-order valence-corrected chi connectivity index (χ0v) is 19.4. The molecule has 0 saturated carbocycles. The molecule has 1 aromatic heterocycles. The van der Waals surface area contributed by atoms with Crippen LogP contribution in [-0.2, 0) is 6.42 Å². The van der Waals surface area contributed by atoms with Crippen LogP contribution in [0.5, 0.6) is 11.5 Å². The molecule has 0 unspecified atom stereocenters. The molecule has 1 aliphatic heterocycles. The van der Waals surface area contributed by atoms with Crippen LogP contribution in [0.15, 0.2) is 72.8 Å². The summed E-state index contributed by atoms with van der Waals surface area (Å²) in [6.45, 7) is 0.497. The molecule has 180 valence electrons. The number of nitrogens with one attached hydrogen (secondary N) is 2. The van der Waals surface area contributed by atoms with Crippen molar-refractivity contribution < 1.29 is 24.5 Å². The fourth-order valence-electron chi connectivity index (χ4n) is 4.26. The summed E-state index contributed by atoms with van der Waals surface area (Å²) in [6, 6.07) is 20.7. The van der Waals surface area contributed by atoms with Crippen molar-refractivity contribution in [1.82, 2.24) is 10.3 Å². The number of amides is 1. The summed E-state index contributed by atoms with van der Waals surface area (Å²) >= 11 is 0. The molecule has 1 aliphatic rings. The van der Waals surface area contributed by atoms with Gasteiger partial charge in [0.05, 0.1) is 35.3 Å². The standard InChI is InChI=1S/C28H23N3O5/c1-36-20-7-3-6-19(14-20)30-24-15-23(31-22-10-11-29-27(33)26(22)24)17-5-2-4-16(12-17)21-13-18(28(34)35)8-9-25(21)32/h2-9,12-15,32H,10-11H2,1H3,(H,29,33)(H,30,31)(H,34,35). The average molecular weight is 482 g/mol. The predicted molar refractivity (Wildman–Crippen MR) is 136 cm³/mol. The molecule has 4 aromatic rings. The number of phenols is 1. The summed E-state index contributed by atoms with van der Waals surface area (Å²) in [4.78, 5) is 29.0. The Kier molecular flexibility index (Phi) is 6.00. The first-order valence-corrected chi connectivity index (χ1v) is 11.3. The van der Waals surface area contributed by atoms with Crippen LogP contribution in [0.3, 0.4) is 0 Å². The van der Waals surface area contributed by atoms with E-state index in [0.717, 1.165) is 11.3 Å². The quantitative estimate of drug-likeness (QED) is 0.310. The Hall–Kier alpha value is -4.85. The van der Waals surface area contributed by atoms with Gasteiger partial charge in [0, 0.05) is 35.8 Å². The number of methoxy groups -OCH3 is 1. The van der Waals surface area contributed by atoms with Gasteiger partial charge in [0.15, 0.2) is 0 Å². The molecule has 0 spiro atoms. The van der Waals surface area contributed by atoms with Gasteiger partial charge in [0.1, 0.15) is 11.5 Å². The molecule has 0 bridgehead atoms. The number of carbonyl (C=O) groups excluding carboxylic acids is 1. The molecule has 4 N–H and O–H groups in total. The Balaban J connectivity index is 1.60. The lowest BCUT2D eigenvalue weighted by atomic mass is 9.97. The van der Waals surface area contributed by atoms with Crippen LogP contribution in [0.2, 0.25) is 0 Å². The second kappa shape index (κ2) is 9.42. The van der Waals surface area contributed by atoms with Gasteiger partial charge in [0.25, 0.3) is 5.91 Å². The van der Waals surface area contributed by atoms with Gasteiger partial charge >= 0.3 is 5.97 Å². The highest BCUT2D eigenvalue weighted by atomic mass is 16.5. The van der Waals surface area contributed by atoms with Crippen LogP contribution in [0.1, 0.15) is 26.4 Å². The van der Waals surface area contributed by atoms with Crippen molar-refractivity contribution in [3.05, 3.63) is 89.6 Å². The number of ether oxygens (including phenoxy) is 1. The van der Waals surface area contributed by atoms with Gasteiger partial charge in [-0.3, -0.25) is 9.78 Å². The molecule has 3 aromatic carbocycles. The van der Waals surface area contributed by atoms with E-state index in [1.807, 2.05) is 48.5 Å². The first kappa shape index (κ1) is 22.9. The molecular weight excluding hydrogens is 458 g/mol. The highest BCUT2D eigenvalue weighted by Crippen LogP contribution is 2.35. The summed E-state index contributed by atoms with van der Waals surface area (Å²) in [5.74, 6) is -0.601. The van der Waals surface area contributed by atoms with Crippen molar-refractivity contribution in [2.24, 2.45) is 0 Å². The number of carboxylic acid groups (broad SMARTS) is 1. The minimum Gasteiger partial charge on any atom is -0.507 e. The maximum Gasteiger partial charge on any atom is 0.335 e. The summed E-state index contributed by atoms with van der Waals surface area (Å²) in [5.41, 5.74) is 5.09. The van der Waals surface area contributed by atoms with Gasteiger partial charge in [0.2, 0.25) is 0 Å². The zero-order chi connectivity index (χ0) is 25.2. The Labute approximate surface area is 207 Å². The summed E-state index contributed by atoms with van der Waals surface area (Å²) < 4.78 is 5.32. The van der Waals surface area contributed by atoms with Gasteiger partial charge in [-0.05, 0) is 48.0 Å². The van der Waals surface area contributed by atoms with Crippen LogP contribution in [0.4, 0.5) is 11.4 Å². The summed E-state index contributed by atoms with van der Waals surface area (Å²) in [6.07, 6.45) is 0.586. The topological polar surface area (TPSA) is 121 Å². The molecule has 1 amide bonds. The Morgan fingerprint density at radius 3 is 2.64 bits per heavy atom. The van der Waals surface area contributed by atoms with Crippen LogP contribution in [0, 0.1) is 0 Å². The predicted octanol–water partition coefficient (Wildman–Crippen LogP) is 4.86. The van der Waals surface area contributed by atoms with E-state index < -0.39 is 5.97 Å². The second-order valence-corrected chi connectivity index (χ2v) is 8.36. The minimum absolute atomic E-state index is 0.0207. The van der Waals surface area contributed by atoms with E-state index >= 15 is 0 Å². The third kappa shape index (κ3) is 4.44. The lowest BCUT2D eigenvalue weighted by Gasteiger charge is -2.21. The number of hydrogen-bond donors (Lipinski definition) is 4. The van der Waals surface area contributed by atoms with Crippen molar-refractivity contribution >= 4 is 23.3 Å². The highest BCUT2D eigenvalue weighted by Gasteiger charge is 2.24. The number of aromatic carboxylic acids is 1. The molecular formula is C28H23N3O5. The number of hydrogen-bond acceptors (Lipinski definition) is 6. The van der Waals surface area contributed by atoms with Crippen LogP contribution >= 0.6 is 0 Å². The normalized spacial score (nSPS) is 12.4. The van der Waals surface area contributed by atoms with Gasteiger partial charge in [-0.25, -0.2) is 4.79 Å². The third-order valence-corrected chi connectivity index (χ3v) is 6.03. The summed E-state index contributed by atoms with van der Waals surface area (Å²) in [7, 11) is 1.59. The number of phenolic OH excluding ortho intramolecular Hbond substituents is 1. The van der Waals surface area contributed by atoms with Crippen molar-refractivity contribution in [2.75, 3.05) is 19.0 Å². The second-order valence-electron chi connectivity index (χ2n) is 8.36. The molecule has 8 heteroatoms. The number of anilines is 2. The van der Waals surface area contributed by atoms with Gasteiger partial charge in [-0.1, -0.05) is 24.3 Å². The molecule has 0 atom stereocenters. The van der Waals surface area contributed by atoms with Crippen molar-refractivity contribution in [1.29, 1.82) is 0 Å².